The lowest BCUT2D eigenvalue weighted by molar-refractivity contribution is -0.123. The number of nitrogens with one attached hydrogen (secondary N) is 1. The smallest absolute Gasteiger partial charge is 0.237 e. The standard InChI is InChI=1S/C13H19ClN2O2/c1-8(2)12(15)13(17)16-7-9-10(14)5-4-6-11(9)18-3/h4-6,8,12H,7,15H2,1-3H3,(H,16,17)/t12-/m0/s1. The summed E-state index contributed by atoms with van der Waals surface area (Å²) in [5.41, 5.74) is 6.51. The Bertz CT molecular complexity index is 421. The Morgan fingerprint density at radius 3 is 2.72 bits per heavy atom. The first kappa shape index (κ1) is 14.8. The van der Waals surface area contributed by atoms with Gasteiger partial charge in [-0.3, -0.25) is 4.79 Å². The second-order valence-electron chi connectivity index (χ2n) is 4.41. The van der Waals surface area contributed by atoms with E-state index in [4.69, 9.17) is 22.1 Å². The fraction of sp³-hybridized carbons (Fsp3) is 0.462. The zero-order valence-electron chi connectivity index (χ0n) is 10.9. The van der Waals surface area contributed by atoms with Gasteiger partial charge >= 0.3 is 0 Å². The monoisotopic (exact) mass is 270 g/mol. The molecule has 3 N–H and O–H groups in total. The number of hydrogen-bond donors (Lipinski definition) is 2. The SMILES string of the molecule is COc1cccc(Cl)c1CNC(=O)[C@@H](N)C(C)C. The summed E-state index contributed by atoms with van der Waals surface area (Å²) in [5, 5.41) is 3.33. The van der Waals surface area contributed by atoms with Crippen LogP contribution in [0.2, 0.25) is 5.02 Å². The number of hydrogen-bond acceptors (Lipinski definition) is 3. The molecule has 1 amide bonds. The van der Waals surface area contributed by atoms with Gasteiger partial charge in [-0.1, -0.05) is 31.5 Å². The fourth-order valence-corrected chi connectivity index (χ4v) is 1.73. The van der Waals surface area contributed by atoms with Gasteiger partial charge in [-0.25, -0.2) is 0 Å². The Kier molecular flexibility index (Phi) is 5.44. The summed E-state index contributed by atoms with van der Waals surface area (Å²) in [7, 11) is 1.57. The van der Waals surface area contributed by atoms with Gasteiger partial charge in [0.2, 0.25) is 5.91 Å². The molecule has 0 unspecified atom stereocenters. The molecule has 0 fully saturated rings. The molecule has 0 saturated heterocycles. The van der Waals surface area contributed by atoms with Crippen molar-refractivity contribution >= 4 is 17.5 Å². The van der Waals surface area contributed by atoms with Gasteiger partial charge in [-0.15, -0.1) is 0 Å². The number of rotatable bonds is 5. The molecule has 1 aromatic carbocycles. The van der Waals surface area contributed by atoms with Gasteiger partial charge in [0.15, 0.2) is 0 Å². The van der Waals surface area contributed by atoms with E-state index >= 15 is 0 Å². The van der Waals surface area contributed by atoms with E-state index < -0.39 is 6.04 Å². The number of benzene rings is 1. The van der Waals surface area contributed by atoms with Crippen LogP contribution < -0.4 is 15.8 Å². The highest BCUT2D eigenvalue weighted by molar-refractivity contribution is 6.31. The lowest BCUT2D eigenvalue weighted by atomic mass is 10.0. The lowest BCUT2D eigenvalue weighted by Gasteiger charge is -2.16. The van der Waals surface area contributed by atoms with Crippen molar-refractivity contribution in [2.75, 3.05) is 7.11 Å². The van der Waals surface area contributed by atoms with Crippen LogP contribution in [0.15, 0.2) is 18.2 Å². The highest BCUT2D eigenvalue weighted by atomic mass is 35.5. The molecular formula is C13H19ClN2O2. The van der Waals surface area contributed by atoms with Gasteiger partial charge in [0.1, 0.15) is 5.75 Å². The molecule has 0 aliphatic carbocycles. The minimum Gasteiger partial charge on any atom is -0.496 e. The van der Waals surface area contributed by atoms with Crippen LogP contribution in [0.5, 0.6) is 5.75 Å². The van der Waals surface area contributed by atoms with Crippen LogP contribution >= 0.6 is 11.6 Å². The highest BCUT2D eigenvalue weighted by Crippen LogP contribution is 2.25. The topological polar surface area (TPSA) is 64.3 Å². The normalized spacial score (nSPS) is 12.3. The van der Waals surface area contributed by atoms with Crippen molar-refractivity contribution in [2.24, 2.45) is 11.7 Å². The molecule has 4 nitrogen and oxygen atoms in total. The van der Waals surface area contributed by atoms with Crippen molar-refractivity contribution in [2.45, 2.75) is 26.4 Å². The molecule has 0 radical (unpaired) electrons. The van der Waals surface area contributed by atoms with E-state index in [0.29, 0.717) is 17.3 Å². The van der Waals surface area contributed by atoms with E-state index in [1.165, 1.54) is 0 Å². The maximum atomic E-state index is 11.7. The molecule has 5 heteroatoms. The molecule has 0 spiro atoms. The maximum Gasteiger partial charge on any atom is 0.237 e. The first-order valence-corrected chi connectivity index (χ1v) is 6.19. The molecule has 1 rings (SSSR count). The minimum absolute atomic E-state index is 0.0955. The van der Waals surface area contributed by atoms with Crippen molar-refractivity contribution in [1.82, 2.24) is 5.32 Å². The number of ether oxygens (including phenoxy) is 1. The summed E-state index contributed by atoms with van der Waals surface area (Å²) in [5.74, 6) is 0.561. The number of methoxy groups -OCH3 is 1. The van der Waals surface area contributed by atoms with Crippen LogP contribution in [0.25, 0.3) is 0 Å². The Hall–Kier alpha value is -1.26. The third-order valence-corrected chi connectivity index (χ3v) is 3.11. The fourth-order valence-electron chi connectivity index (χ4n) is 1.50. The predicted molar refractivity (Wildman–Crippen MR) is 72.7 cm³/mol. The van der Waals surface area contributed by atoms with Crippen molar-refractivity contribution in [1.29, 1.82) is 0 Å². The van der Waals surface area contributed by atoms with Crippen LogP contribution in [-0.2, 0) is 11.3 Å². The molecule has 0 saturated carbocycles. The maximum absolute atomic E-state index is 11.7. The van der Waals surface area contributed by atoms with Gasteiger partial charge in [-0.2, -0.15) is 0 Å². The predicted octanol–water partition coefficient (Wildman–Crippen LogP) is 1.95. The number of carbonyl (C=O) groups excluding carboxylic acids is 1. The molecule has 1 atom stereocenters. The average Bonchev–Trinajstić information content (AvgIpc) is 2.35. The largest absolute Gasteiger partial charge is 0.496 e. The van der Waals surface area contributed by atoms with E-state index in [1.807, 2.05) is 13.8 Å². The molecular weight excluding hydrogens is 252 g/mol. The third kappa shape index (κ3) is 3.62. The summed E-state index contributed by atoms with van der Waals surface area (Å²) in [4.78, 5) is 11.7. The Balaban J connectivity index is 2.72. The van der Waals surface area contributed by atoms with Gasteiger partial charge in [0, 0.05) is 17.1 Å². The van der Waals surface area contributed by atoms with E-state index in [9.17, 15) is 4.79 Å². The van der Waals surface area contributed by atoms with Gasteiger partial charge in [0.25, 0.3) is 0 Å². The van der Waals surface area contributed by atoms with Crippen LogP contribution in [0.1, 0.15) is 19.4 Å². The van der Waals surface area contributed by atoms with Crippen molar-refractivity contribution in [3.05, 3.63) is 28.8 Å². The van der Waals surface area contributed by atoms with E-state index in [0.717, 1.165) is 5.56 Å². The second kappa shape index (κ2) is 6.61. The first-order chi connectivity index (χ1) is 8.47. The minimum atomic E-state index is -0.515. The first-order valence-electron chi connectivity index (χ1n) is 5.82. The van der Waals surface area contributed by atoms with Crippen molar-refractivity contribution < 1.29 is 9.53 Å². The Morgan fingerprint density at radius 1 is 1.50 bits per heavy atom. The lowest BCUT2D eigenvalue weighted by Crippen LogP contribution is -2.43. The van der Waals surface area contributed by atoms with Crippen LogP contribution in [0, 0.1) is 5.92 Å². The van der Waals surface area contributed by atoms with Crippen LogP contribution in [0.4, 0.5) is 0 Å². The van der Waals surface area contributed by atoms with E-state index in [2.05, 4.69) is 5.32 Å². The zero-order chi connectivity index (χ0) is 13.7. The van der Waals surface area contributed by atoms with Gasteiger partial charge in [-0.05, 0) is 18.1 Å². The molecule has 0 heterocycles. The van der Waals surface area contributed by atoms with Crippen molar-refractivity contribution in [3.8, 4) is 5.75 Å². The summed E-state index contributed by atoms with van der Waals surface area (Å²) in [6.45, 7) is 4.11. The molecule has 0 aliphatic heterocycles. The molecule has 1 aromatic rings. The van der Waals surface area contributed by atoms with Gasteiger partial charge < -0.3 is 15.8 Å². The number of carbonyl (C=O) groups is 1. The summed E-state index contributed by atoms with van der Waals surface area (Å²) < 4.78 is 5.20. The second-order valence-corrected chi connectivity index (χ2v) is 4.82. The summed E-state index contributed by atoms with van der Waals surface area (Å²) >= 11 is 6.07. The number of halogens is 1. The number of amides is 1. The quantitative estimate of drug-likeness (QED) is 0.860. The highest BCUT2D eigenvalue weighted by Gasteiger charge is 2.17. The molecule has 0 bridgehead atoms. The van der Waals surface area contributed by atoms with Crippen LogP contribution in [0.3, 0.4) is 0 Å². The van der Waals surface area contributed by atoms with E-state index in [-0.39, 0.29) is 11.8 Å². The molecule has 0 aliphatic rings. The van der Waals surface area contributed by atoms with Gasteiger partial charge in [0.05, 0.1) is 13.2 Å². The zero-order valence-corrected chi connectivity index (χ0v) is 11.6. The number of nitrogens with two attached hydrogens (primary N) is 1. The Morgan fingerprint density at radius 2 is 2.17 bits per heavy atom. The van der Waals surface area contributed by atoms with E-state index in [1.54, 1.807) is 25.3 Å². The summed E-state index contributed by atoms with van der Waals surface area (Å²) in [6.07, 6.45) is 0. The van der Waals surface area contributed by atoms with Crippen molar-refractivity contribution in [3.63, 3.8) is 0 Å². The molecule has 0 aromatic heterocycles. The molecule has 100 valence electrons. The third-order valence-electron chi connectivity index (χ3n) is 2.76. The Labute approximate surface area is 112 Å². The average molecular weight is 271 g/mol. The summed E-state index contributed by atoms with van der Waals surface area (Å²) in [6, 6.07) is 4.84. The molecule has 18 heavy (non-hydrogen) atoms. The van der Waals surface area contributed by atoms with Crippen LogP contribution in [-0.4, -0.2) is 19.1 Å².